The molecule has 3 atom stereocenters. The molecule has 1 aliphatic rings. The molecule has 0 saturated carbocycles. The van der Waals surface area contributed by atoms with Gasteiger partial charge in [0.2, 0.25) is 0 Å². The second kappa shape index (κ2) is 6.79. The van der Waals surface area contributed by atoms with Gasteiger partial charge in [0.25, 0.3) is 0 Å². The lowest BCUT2D eigenvalue weighted by molar-refractivity contribution is 0.118. The van der Waals surface area contributed by atoms with Crippen LogP contribution in [0.15, 0.2) is 18.2 Å². The second-order valence-electron chi connectivity index (χ2n) is 5.53. The van der Waals surface area contributed by atoms with Gasteiger partial charge in [-0.3, -0.25) is 0 Å². The number of ether oxygens (including phenoxy) is 1. The molecule has 0 radical (unpaired) electrons. The minimum atomic E-state index is 0.277. The average molecular weight is 297 g/mol. The van der Waals surface area contributed by atoms with E-state index in [-0.39, 0.29) is 12.1 Å². The van der Waals surface area contributed by atoms with Gasteiger partial charge in [-0.05, 0) is 44.5 Å². The summed E-state index contributed by atoms with van der Waals surface area (Å²) in [6.45, 7) is 8.17. The lowest BCUT2D eigenvalue weighted by Crippen LogP contribution is -2.36. The van der Waals surface area contributed by atoms with Crippen molar-refractivity contribution in [2.24, 2.45) is 0 Å². The first-order chi connectivity index (χ1) is 9.54. The zero-order chi connectivity index (χ0) is 14.7. The summed E-state index contributed by atoms with van der Waals surface area (Å²) in [4.78, 5) is 2.28. The van der Waals surface area contributed by atoms with Crippen molar-refractivity contribution in [1.29, 1.82) is 0 Å². The van der Waals surface area contributed by atoms with Crippen LogP contribution in [0.2, 0.25) is 5.02 Å². The van der Waals surface area contributed by atoms with Crippen LogP contribution in [-0.2, 0) is 4.74 Å². The molecule has 20 heavy (non-hydrogen) atoms. The normalized spacial score (nSPS) is 23.9. The Labute approximate surface area is 127 Å². The quantitative estimate of drug-likeness (QED) is 0.898. The third kappa shape index (κ3) is 3.27. The van der Waals surface area contributed by atoms with E-state index in [4.69, 9.17) is 16.3 Å². The molecule has 3 unspecified atom stereocenters. The topological polar surface area (TPSA) is 24.5 Å². The van der Waals surface area contributed by atoms with Crippen molar-refractivity contribution in [2.45, 2.75) is 45.4 Å². The van der Waals surface area contributed by atoms with E-state index in [1.165, 1.54) is 0 Å². The van der Waals surface area contributed by atoms with Gasteiger partial charge in [-0.2, -0.15) is 0 Å². The smallest absolute Gasteiger partial charge is 0.0750 e. The first-order valence-electron chi connectivity index (χ1n) is 7.41. The molecule has 0 amide bonds. The van der Waals surface area contributed by atoms with E-state index in [1.807, 2.05) is 0 Å². The van der Waals surface area contributed by atoms with Crippen LogP contribution in [0, 0.1) is 0 Å². The second-order valence-corrected chi connectivity index (χ2v) is 5.94. The van der Waals surface area contributed by atoms with Crippen molar-refractivity contribution in [3.8, 4) is 0 Å². The molecule has 0 bridgehead atoms. The predicted octanol–water partition coefficient (Wildman–Crippen LogP) is 3.62. The molecule has 3 nitrogen and oxygen atoms in total. The number of likely N-dealkylation sites (N-methyl/N-ethyl adjacent to an activating group) is 1. The van der Waals surface area contributed by atoms with Crippen LogP contribution in [0.1, 0.15) is 38.8 Å². The summed E-state index contributed by atoms with van der Waals surface area (Å²) in [6, 6.07) is 7.06. The minimum absolute atomic E-state index is 0.277. The molecule has 0 aliphatic carbocycles. The molecule has 2 rings (SSSR count). The Kier molecular flexibility index (Phi) is 5.30. The number of nitrogens with zero attached hydrogens (tertiary/aromatic N) is 1. The Morgan fingerprint density at radius 3 is 2.80 bits per heavy atom. The fraction of sp³-hybridized carbons (Fsp3) is 0.625. The zero-order valence-corrected chi connectivity index (χ0v) is 13.6. The van der Waals surface area contributed by atoms with Crippen LogP contribution in [0.25, 0.3) is 0 Å². The Morgan fingerprint density at radius 1 is 1.50 bits per heavy atom. The fourth-order valence-corrected chi connectivity index (χ4v) is 3.26. The molecule has 1 aromatic carbocycles. The van der Waals surface area contributed by atoms with Gasteiger partial charge in [-0.1, -0.05) is 24.6 Å². The van der Waals surface area contributed by atoms with E-state index in [1.54, 1.807) is 0 Å². The van der Waals surface area contributed by atoms with Crippen molar-refractivity contribution < 1.29 is 4.74 Å². The number of anilines is 1. The molecule has 1 aliphatic heterocycles. The van der Waals surface area contributed by atoms with Crippen molar-refractivity contribution >= 4 is 17.3 Å². The van der Waals surface area contributed by atoms with Gasteiger partial charge < -0.3 is 15.0 Å². The summed E-state index contributed by atoms with van der Waals surface area (Å²) >= 11 is 6.45. The Morgan fingerprint density at radius 2 is 2.25 bits per heavy atom. The number of rotatable bonds is 5. The van der Waals surface area contributed by atoms with Gasteiger partial charge in [0.05, 0.1) is 12.1 Å². The molecule has 1 heterocycles. The van der Waals surface area contributed by atoms with E-state index in [9.17, 15) is 0 Å². The van der Waals surface area contributed by atoms with Gasteiger partial charge in [0.15, 0.2) is 0 Å². The van der Waals surface area contributed by atoms with Gasteiger partial charge in [0.1, 0.15) is 0 Å². The number of hydrogen-bond donors (Lipinski definition) is 1. The lowest BCUT2D eigenvalue weighted by atomic mass is 10.1. The number of hydrogen-bond acceptors (Lipinski definition) is 3. The van der Waals surface area contributed by atoms with E-state index in [0.717, 1.165) is 35.8 Å². The van der Waals surface area contributed by atoms with E-state index < -0.39 is 0 Å². The number of halogens is 1. The van der Waals surface area contributed by atoms with Crippen molar-refractivity contribution in [3.63, 3.8) is 0 Å². The summed E-state index contributed by atoms with van der Waals surface area (Å²) in [5.41, 5.74) is 2.31. The van der Waals surface area contributed by atoms with Crippen LogP contribution >= 0.6 is 11.6 Å². The predicted molar refractivity (Wildman–Crippen MR) is 85.8 cm³/mol. The molecule has 1 aromatic rings. The summed E-state index contributed by atoms with van der Waals surface area (Å²) in [7, 11) is 2.12. The van der Waals surface area contributed by atoms with Crippen LogP contribution in [0.3, 0.4) is 0 Å². The van der Waals surface area contributed by atoms with E-state index in [2.05, 4.69) is 56.2 Å². The van der Waals surface area contributed by atoms with Crippen LogP contribution in [0.4, 0.5) is 5.69 Å². The summed E-state index contributed by atoms with van der Waals surface area (Å²) in [5, 5.41) is 4.22. The van der Waals surface area contributed by atoms with Gasteiger partial charge >= 0.3 is 0 Å². The van der Waals surface area contributed by atoms with Crippen LogP contribution in [-0.4, -0.2) is 32.3 Å². The van der Waals surface area contributed by atoms with Crippen LogP contribution in [0.5, 0.6) is 0 Å². The Hall–Kier alpha value is -0.770. The van der Waals surface area contributed by atoms with Gasteiger partial charge in [-0.25, -0.2) is 0 Å². The third-order valence-electron chi connectivity index (χ3n) is 4.20. The molecule has 4 heteroatoms. The van der Waals surface area contributed by atoms with Crippen LogP contribution < -0.4 is 10.2 Å². The molecule has 1 N–H and O–H groups in total. The molecule has 1 fully saturated rings. The molecule has 112 valence electrons. The van der Waals surface area contributed by atoms with Crippen molar-refractivity contribution in [3.05, 3.63) is 28.8 Å². The van der Waals surface area contributed by atoms with Crippen molar-refractivity contribution in [2.75, 3.05) is 25.1 Å². The highest BCUT2D eigenvalue weighted by molar-refractivity contribution is 6.31. The first kappa shape index (κ1) is 15.6. The highest BCUT2D eigenvalue weighted by Crippen LogP contribution is 2.30. The van der Waals surface area contributed by atoms with Gasteiger partial charge in [0, 0.05) is 30.4 Å². The zero-order valence-electron chi connectivity index (χ0n) is 12.8. The number of nitrogens with one attached hydrogen (secondary N) is 1. The fourth-order valence-electron chi connectivity index (χ4n) is 2.92. The maximum Gasteiger partial charge on any atom is 0.0750 e. The largest absolute Gasteiger partial charge is 0.376 e. The van der Waals surface area contributed by atoms with E-state index >= 15 is 0 Å². The molecule has 1 saturated heterocycles. The molecular weight excluding hydrogens is 272 g/mol. The monoisotopic (exact) mass is 296 g/mol. The molecular formula is C16H25ClN2O. The summed E-state index contributed by atoms with van der Waals surface area (Å²) in [5.74, 6) is 0. The Bertz CT molecular complexity index is 452. The Balaban J connectivity index is 2.16. The maximum atomic E-state index is 6.45. The highest BCUT2D eigenvalue weighted by atomic mass is 35.5. The van der Waals surface area contributed by atoms with Crippen molar-refractivity contribution in [1.82, 2.24) is 5.32 Å². The average Bonchev–Trinajstić information content (AvgIpc) is 2.84. The highest BCUT2D eigenvalue weighted by Gasteiger charge is 2.28. The maximum absolute atomic E-state index is 6.45. The molecule has 0 aromatic heterocycles. The number of benzene rings is 1. The summed E-state index contributed by atoms with van der Waals surface area (Å²) in [6.07, 6.45) is 1.35. The lowest BCUT2D eigenvalue weighted by Gasteiger charge is -2.29. The standard InChI is InChI=1S/C16H25ClN2O/c1-5-18-11(2)14-7-6-13(10-15(14)17)19(4)16-8-9-20-12(16)3/h6-7,10-12,16,18H,5,8-9H2,1-4H3. The summed E-state index contributed by atoms with van der Waals surface area (Å²) < 4.78 is 5.65. The third-order valence-corrected chi connectivity index (χ3v) is 4.53. The first-order valence-corrected chi connectivity index (χ1v) is 7.79. The SMILES string of the molecule is CCNC(C)c1ccc(N(C)C2CCOC2C)cc1Cl. The molecule has 0 spiro atoms. The van der Waals surface area contributed by atoms with E-state index in [0.29, 0.717) is 6.04 Å². The van der Waals surface area contributed by atoms with Gasteiger partial charge in [-0.15, -0.1) is 0 Å². The minimum Gasteiger partial charge on any atom is -0.376 e.